The van der Waals surface area contributed by atoms with E-state index in [1.54, 1.807) is 0 Å². The lowest BCUT2D eigenvalue weighted by atomic mass is 10.4. The Morgan fingerprint density at radius 2 is 2.36 bits per heavy atom. The van der Waals surface area contributed by atoms with Crippen LogP contribution in [0.5, 0.6) is 0 Å². The first-order valence-electron chi connectivity index (χ1n) is 4.82. The number of nitrogens with one attached hydrogen (secondary N) is 1. The van der Waals surface area contributed by atoms with E-state index >= 15 is 0 Å². The quantitative estimate of drug-likeness (QED) is 0.589. The van der Waals surface area contributed by atoms with Crippen molar-refractivity contribution in [1.29, 1.82) is 0 Å². The molecule has 14 heavy (non-hydrogen) atoms. The average Bonchev–Trinajstić information content (AvgIpc) is 2.96. The van der Waals surface area contributed by atoms with Crippen molar-refractivity contribution >= 4 is 17.7 Å². The van der Waals surface area contributed by atoms with Crippen LogP contribution in [0.25, 0.3) is 0 Å². The number of carbonyl (C=O) groups is 1. The molecule has 1 fully saturated rings. The number of carbonyl (C=O) groups excluding carboxylic acids is 1. The highest BCUT2D eigenvalue weighted by atomic mass is 32.2. The number of nitrogens with two attached hydrogens (primary N) is 1. The van der Waals surface area contributed by atoms with Crippen molar-refractivity contribution in [1.82, 2.24) is 5.32 Å². The Hall–Kier alpha value is -0.260. The van der Waals surface area contributed by atoms with Crippen LogP contribution in [0.1, 0.15) is 12.8 Å². The van der Waals surface area contributed by atoms with Crippen LogP contribution in [-0.2, 0) is 9.53 Å². The van der Waals surface area contributed by atoms with Gasteiger partial charge in [0.15, 0.2) is 0 Å². The van der Waals surface area contributed by atoms with Gasteiger partial charge in [-0.3, -0.25) is 4.79 Å². The Bertz CT molecular complexity index is 195. The molecule has 3 N–H and O–H groups in total. The number of hydrogen-bond acceptors (Lipinski definition) is 4. The first-order chi connectivity index (χ1) is 6.72. The number of rotatable bonds is 7. The molecule has 0 aliphatic heterocycles. The maximum Gasteiger partial charge on any atom is 0.246 e. The normalized spacial score (nSPS) is 17.9. The molecule has 0 aromatic heterocycles. The Morgan fingerprint density at radius 3 is 2.86 bits per heavy atom. The van der Waals surface area contributed by atoms with Crippen LogP contribution in [0, 0.1) is 0 Å². The predicted molar refractivity (Wildman–Crippen MR) is 58.4 cm³/mol. The molecule has 0 bridgehead atoms. The molecule has 0 aromatic rings. The minimum atomic E-state index is -0.0428. The molecule has 1 saturated carbocycles. The van der Waals surface area contributed by atoms with Crippen LogP contribution in [0.3, 0.4) is 0 Å². The van der Waals surface area contributed by atoms with Gasteiger partial charge in [-0.1, -0.05) is 0 Å². The fraction of sp³-hybridized carbons (Fsp3) is 0.889. The summed E-state index contributed by atoms with van der Waals surface area (Å²) in [5.41, 5.74) is 5.23. The molecule has 0 atom stereocenters. The van der Waals surface area contributed by atoms with Gasteiger partial charge in [-0.15, -0.1) is 0 Å². The first kappa shape index (κ1) is 11.8. The van der Waals surface area contributed by atoms with Gasteiger partial charge in [0.05, 0.1) is 6.61 Å². The van der Waals surface area contributed by atoms with E-state index < -0.39 is 0 Å². The summed E-state index contributed by atoms with van der Waals surface area (Å²) in [6.07, 6.45) is 4.50. The average molecular weight is 218 g/mol. The van der Waals surface area contributed by atoms with Crippen LogP contribution in [-0.4, -0.2) is 43.2 Å². The fourth-order valence-corrected chi connectivity index (χ4v) is 1.88. The monoisotopic (exact) mass is 218 g/mol. The van der Waals surface area contributed by atoms with Gasteiger partial charge in [-0.25, -0.2) is 0 Å². The van der Waals surface area contributed by atoms with Crippen LogP contribution < -0.4 is 11.1 Å². The summed E-state index contributed by atoms with van der Waals surface area (Å²) < 4.78 is 5.34. The van der Waals surface area contributed by atoms with Gasteiger partial charge in [-0.05, 0) is 19.1 Å². The van der Waals surface area contributed by atoms with Crippen molar-refractivity contribution < 1.29 is 9.53 Å². The molecule has 0 saturated heterocycles. The van der Waals surface area contributed by atoms with Crippen molar-refractivity contribution in [3.8, 4) is 0 Å². The molecule has 82 valence electrons. The highest BCUT2D eigenvalue weighted by molar-refractivity contribution is 8.00. The second-order valence-corrected chi connectivity index (χ2v) is 4.78. The van der Waals surface area contributed by atoms with Crippen molar-refractivity contribution in [3.63, 3.8) is 0 Å². The Morgan fingerprint density at radius 1 is 1.64 bits per heavy atom. The van der Waals surface area contributed by atoms with E-state index in [4.69, 9.17) is 10.5 Å². The zero-order valence-electron chi connectivity index (χ0n) is 8.54. The third-order valence-corrected chi connectivity index (χ3v) is 3.76. The van der Waals surface area contributed by atoms with Crippen LogP contribution in [0.15, 0.2) is 0 Å². The van der Waals surface area contributed by atoms with Gasteiger partial charge in [0.25, 0.3) is 0 Å². The maximum atomic E-state index is 11.2. The maximum absolute atomic E-state index is 11.2. The lowest BCUT2D eigenvalue weighted by Gasteiger charge is -2.12. The van der Waals surface area contributed by atoms with Gasteiger partial charge in [0.2, 0.25) is 5.91 Å². The SMILES string of the molecule is CSC1(CNC(=O)COCCN)CC1. The summed E-state index contributed by atoms with van der Waals surface area (Å²) >= 11 is 1.83. The zero-order valence-corrected chi connectivity index (χ0v) is 9.36. The lowest BCUT2D eigenvalue weighted by molar-refractivity contribution is -0.125. The van der Waals surface area contributed by atoms with Crippen molar-refractivity contribution in [2.24, 2.45) is 5.73 Å². The molecule has 4 nitrogen and oxygen atoms in total. The Balaban J connectivity index is 2.03. The van der Waals surface area contributed by atoms with E-state index in [1.165, 1.54) is 12.8 Å². The van der Waals surface area contributed by atoms with Gasteiger partial charge in [-0.2, -0.15) is 11.8 Å². The van der Waals surface area contributed by atoms with Gasteiger partial charge in [0, 0.05) is 17.8 Å². The molecule has 0 radical (unpaired) electrons. The number of hydrogen-bond donors (Lipinski definition) is 2. The minimum Gasteiger partial charge on any atom is -0.370 e. The molecule has 1 aliphatic carbocycles. The van der Waals surface area contributed by atoms with Gasteiger partial charge in [0.1, 0.15) is 6.61 Å². The number of amides is 1. The second kappa shape index (κ2) is 5.58. The summed E-state index contributed by atoms with van der Waals surface area (Å²) in [4.78, 5) is 11.2. The fourth-order valence-electron chi connectivity index (χ4n) is 1.15. The largest absolute Gasteiger partial charge is 0.370 e. The Labute approximate surface area is 88.9 Å². The minimum absolute atomic E-state index is 0.0428. The smallest absolute Gasteiger partial charge is 0.246 e. The molecule has 1 amide bonds. The summed E-state index contributed by atoms with van der Waals surface area (Å²) in [6.45, 7) is 1.80. The van der Waals surface area contributed by atoms with E-state index in [-0.39, 0.29) is 12.5 Å². The molecule has 0 unspecified atom stereocenters. The summed E-state index contributed by atoms with van der Waals surface area (Å²) in [7, 11) is 0. The molecule has 0 heterocycles. The zero-order chi connectivity index (χ0) is 10.4. The summed E-state index contributed by atoms with van der Waals surface area (Å²) in [5, 5.41) is 2.87. The summed E-state index contributed by atoms with van der Waals surface area (Å²) in [6, 6.07) is 0. The van der Waals surface area contributed by atoms with E-state index in [0.717, 1.165) is 6.54 Å². The van der Waals surface area contributed by atoms with Crippen molar-refractivity contribution in [3.05, 3.63) is 0 Å². The molecule has 1 rings (SSSR count). The van der Waals surface area contributed by atoms with Crippen molar-refractivity contribution in [2.75, 3.05) is 32.6 Å². The first-order valence-corrected chi connectivity index (χ1v) is 6.04. The lowest BCUT2D eigenvalue weighted by Crippen LogP contribution is -2.34. The predicted octanol–water partition coefficient (Wildman–Crippen LogP) is -0.0265. The van der Waals surface area contributed by atoms with Crippen LogP contribution >= 0.6 is 11.8 Å². The van der Waals surface area contributed by atoms with Crippen LogP contribution in [0.4, 0.5) is 0 Å². The molecule has 0 spiro atoms. The highest BCUT2D eigenvalue weighted by Crippen LogP contribution is 2.46. The number of thioether (sulfide) groups is 1. The van der Waals surface area contributed by atoms with Crippen LogP contribution in [0.2, 0.25) is 0 Å². The van der Waals surface area contributed by atoms with Gasteiger partial charge < -0.3 is 15.8 Å². The van der Waals surface area contributed by atoms with E-state index in [2.05, 4.69) is 11.6 Å². The summed E-state index contributed by atoms with van der Waals surface area (Å²) in [5.74, 6) is -0.0428. The van der Waals surface area contributed by atoms with E-state index in [0.29, 0.717) is 17.9 Å². The third kappa shape index (κ3) is 3.86. The van der Waals surface area contributed by atoms with E-state index in [9.17, 15) is 4.79 Å². The molecule has 1 aliphatic rings. The molecular weight excluding hydrogens is 200 g/mol. The highest BCUT2D eigenvalue weighted by Gasteiger charge is 2.41. The third-order valence-electron chi connectivity index (χ3n) is 2.34. The topological polar surface area (TPSA) is 64.3 Å². The second-order valence-electron chi connectivity index (χ2n) is 3.51. The molecule has 5 heteroatoms. The Kier molecular flexibility index (Phi) is 4.71. The number of ether oxygens (including phenoxy) is 1. The standard InChI is InChI=1S/C9H18N2O2S/c1-14-9(2-3-9)7-11-8(12)6-13-5-4-10/h2-7,10H2,1H3,(H,11,12). The van der Waals surface area contributed by atoms with Crippen molar-refractivity contribution in [2.45, 2.75) is 17.6 Å². The van der Waals surface area contributed by atoms with E-state index in [1.807, 2.05) is 11.8 Å². The van der Waals surface area contributed by atoms with Gasteiger partial charge >= 0.3 is 0 Å². The molecular formula is C9H18N2O2S. The molecule has 0 aromatic carbocycles.